The van der Waals surface area contributed by atoms with Crippen LogP contribution in [-0.4, -0.2) is 35.8 Å². The number of rotatable bonds is 5. The Morgan fingerprint density at radius 2 is 1.84 bits per heavy atom. The number of nitrogens with two attached hydrogens (primary N) is 3. The van der Waals surface area contributed by atoms with Crippen LogP contribution in [0.3, 0.4) is 0 Å². The summed E-state index contributed by atoms with van der Waals surface area (Å²) in [5.41, 5.74) is 8.35. The number of hydrogen-bond acceptors (Lipinski definition) is 6. The van der Waals surface area contributed by atoms with Crippen molar-refractivity contribution in [3.8, 4) is 11.1 Å². The van der Waals surface area contributed by atoms with Crippen molar-refractivity contribution in [2.24, 2.45) is 16.8 Å². The van der Waals surface area contributed by atoms with Gasteiger partial charge in [0.15, 0.2) is 5.84 Å². The Hall–Kier alpha value is -2.91. The molecule has 0 atom stereocenters. The van der Waals surface area contributed by atoms with Crippen molar-refractivity contribution in [3.05, 3.63) is 66.1 Å². The maximum atomic E-state index is 12.9. The monoisotopic (exact) mass is 450 g/mol. The van der Waals surface area contributed by atoms with Crippen molar-refractivity contribution in [1.82, 2.24) is 9.99 Å². The molecular weight excluding hydrogens is 418 g/mol. The maximum absolute atomic E-state index is 12.9. The number of allylic oxidation sites excluding steroid dienone is 3. The minimum Gasteiger partial charge on any atom is -0.383 e. The maximum Gasteiger partial charge on any atom is 0.173 e. The van der Waals surface area contributed by atoms with Crippen LogP contribution in [0.15, 0.2) is 70.6 Å². The molecule has 1 aromatic heterocycles. The van der Waals surface area contributed by atoms with Crippen molar-refractivity contribution in [2.75, 3.05) is 25.7 Å². The van der Waals surface area contributed by atoms with E-state index in [4.69, 9.17) is 17.4 Å². The number of nitrogen functional groups attached to an aromatic ring is 1. The second kappa shape index (κ2) is 15.9. The Morgan fingerprint density at radius 1 is 1.23 bits per heavy atom. The molecule has 0 saturated carbocycles. The van der Waals surface area contributed by atoms with Gasteiger partial charge in [-0.15, -0.1) is 11.8 Å². The van der Waals surface area contributed by atoms with Crippen molar-refractivity contribution < 1.29 is 8.78 Å². The summed E-state index contributed by atoms with van der Waals surface area (Å²) in [5.74, 6) is 11.6. The number of halogens is 2. The number of nitrogens with zero attached hydrogens (tertiary/aromatic N) is 3. The average molecular weight is 451 g/mol. The van der Waals surface area contributed by atoms with Crippen LogP contribution in [0.1, 0.15) is 26.3 Å². The molecule has 0 aliphatic rings. The minimum atomic E-state index is -0.347. The summed E-state index contributed by atoms with van der Waals surface area (Å²) in [7, 11) is 0.500. The topological polar surface area (TPSA) is 107 Å². The largest absolute Gasteiger partial charge is 0.383 e. The molecule has 0 aliphatic carbocycles. The Morgan fingerprint density at radius 3 is 2.35 bits per heavy atom. The third-order valence-corrected chi connectivity index (χ3v) is 4.67. The van der Waals surface area contributed by atoms with Crippen LogP contribution >= 0.6 is 11.8 Å². The van der Waals surface area contributed by atoms with Crippen molar-refractivity contribution in [1.29, 1.82) is 0 Å². The van der Waals surface area contributed by atoms with Gasteiger partial charge in [0.1, 0.15) is 5.82 Å². The molecule has 0 aliphatic heterocycles. The molecule has 2 rings (SSSR count). The normalized spacial score (nSPS) is 11.4. The Labute approximate surface area is 187 Å². The van der Waals surface area contributed by atoms with Crippen LogP contribution in [0.2, 0.25) is 0 Å². The van der Waals surface area contributed by atoms with Crippen LogP contribution in [0, 0.1) is 0 Å². The lowest BCUT2D eigenvalue weighted by atomic mass is 10.0. The van der Waals surface area contributed by atoms with Gasteiger partial charge in [-0.1, -0.05) is 30.4 Å². The lowest BCUT2D eigenvalue weighted by Crippen LogP contribution is -2.39. The van der Waals surface area contributed by atoms with E-state index in [0.717, 1.165) is 16.0 Å². The van der Waals surface area contributed by atoms with E-state index in [0.29, 0.717) is 12.7 Å². The summed E-state index contributed by atoms with van der Waals surface area (Å²) in [5, 5.41) is 4.94. The van der Waals surface area contributed by atoms with E-state index in [2.05, 4.69) is 10.1 Å². The third-order valence-electron chi connectivity index (χ3n) is 3.87. The summed E-state index contributed by atoms with van der Waals surface area (Å²) < 4.78 is 22.4. The molecule has 0 saturated heterocycles. The predicted octanol–water partition coefficient (Wildman–Crippen LogP) is 4.89. The molecule has 9 heteroatoms. The fourth-order valence-electron chi connectivity index (χ4n) is 2.29. The van der Waals surface area contributed by atoms with Crippen LogP contribution in [-0.2, 0) is 0 Å². The zero-order valence-electron chi connectivity index (χ0n) is 18.6. The number of hydrazone groups is 1. The number of benzene rings is 1. The lowest BCUT2D eigenvalue weighted by Gasteiger charge is -2.20. The van der Waals surface area contributed by atoms with E-state index in [9.17, 15) is 8.78 Å². The Bertz CT molecular complexity index is 876. The van der Waals surface area contributed by atoms with Gasteiger partial charge in [0.2, 0.25) is 0 Å². The lowest BCUT2D eigenvalue weighted by molar-refractivity contribution is 0.480. The zero-order chi connectivity index (χ0) is 23.8. The molecule has 0 bridgehead atoms. The molecule has 0 fully saturated rings. The first kappa shape index (κ1) is 28.1. The first-order valence-electron chi connectivity index (χ1n) is 9.36. The van der Waals surface area contributed by atoms with E-state index in [1.807, 2.05) is 62.6 Å². The van der Waals surface area contributed by atoms with Gasteiger partial charge in [0.25, 0.3) is 0 Å². The molecule has 6 N–H and O–H groups in total. The van der Waals surface area contributed by atoms with E-state index >= 15 is 0 Å². The molecule has 0 unspecified atom stereocenters. The quantitative estimate of drug-likeness (QED) is 0.150. The van der Waals surface area contributed by atoms with Gasteiger partial charge in [-0.3, -0.25) is 9.40 Å². The number of amidine groups is 1. The number of aromatic nitrogens is 1. The Balaban J connectivity index is 0.00000134. The van der Waals surface area contributed by atoms with Gasteiger partial charge < -0.3 is 11.6 Å². The predicted molar refractivity (Wildman–Crippen MR) is 130 cm³/mol. The van der Waals surface area contributed by atoms with Gasteiger partial charge in [-0.2, -0.15) is 5.10 Å². The molecule has 6 nitrogen and oxygen atoms in total. The van der Waals surface area contributed by atoms with Crippen LogP contribution in [0.5, 0.6) is 0 Å². The summed E-state index contributed by atoms with van der Waals surface area (Å²) in [6.45, 7) is 5.44. The highest BCUT2D eigenvalue weighted by atomic mass is 32.2. The number of anilines is 1. The number of thioether (sulfide) groups is 1. The molecule has 0 amide bonds. The second-order valence-corrected chi connectivity index (χ2v) is 6.77. The number of hydrogen-bond donors (Lipinski definition) is 3. The fourth-order valence-corrected chi connectivity index (χ4v) is 2.91. The minimum absolute atomic E-state index is 0.101. The zero-order valence-corrected chi connectivity index (χ0v) is 19.5. The first-order chi connectivity index (χ1) is 14.9. The fraction of sp³-hybridized carbons (Fsp3) is 0.273. The molecule has 2 aromatic rings. The molecule has 1 heterocycles. The van der Waals surface area contributed by atoms with Crippen molar-refractivity contribution >= 4 is 23.4 Å². The highest BCUT2D eigenvalue weighted by Gasteiger charge is 2.16. The molecule has 170 valence electrons. The smallest absolute Gasteiger partial charge is 0.173 e. The van der Waals surface area contributed by atoms with Gasteiger partial charge in [0, 0.05) is 16.7 Å². The summed E-state index contributed by atoms with van der Waals surface area (Å²) >= 11 is 1.63. The molecular formula is C22H32F2N6S. The second-order valence-electron chi connectivity index (χ2n) is 5.92. The van der Waals surface area contributed by atoms with Crippen LogP contribution in [0.4, 0.5) is 14.6 Å². The van der Waals surface area contributed by atoms with E-state index < -0.39 is 0 Å². The molecule has 31 heavy (non-hydrogen) atoms. The highest BCUT2D eigenvalue weighted by Crippen LogP contribution is 2.31. The van der Waals surface area contributed by atoms with Gasteiger partial charge in [-0.25, -0.2) is 15.2 Å². The first-order valence-corrected chi connectivity index (χ1v) is 10.6. The SMILES string of the molecule is C/C=C\C.CF.CSc1ccccc1-c1cnc(N)c(/C(=N/N)N(N)C/C=C(\C)F)c1. The summed E-state index contributed by atoms with van der Waals surface area (Å²) in [4.78, 5) is 5.34. The van der Waals surface area contributed by atoms with Crippen LogP contribution < -0.4 is 17.4 Å². The van der Waals surface area contributed by atoms with Crippen molar-refractivity contribution in [2.45, 2.75) is 25.7 Å². The standard InChI is InChI=1S/C17H21FN6S.C4H8.CH3F/c1-11(18)7-8-24(21)17(23-20)14-9-12(10-22-16(14)19)13-5-3-4-6-15(13)25-2;1-3-4-2;1-2/h3-7,9-10H,8,20-21H2,1-2H3,(H2,19,22);3-4H,1-2H3;1H3/b11-7+,23-17-;4-3-;. The summed E-state index contributed by atoms with van der Waals surface area (Å²) in [6.07, 6.45) is 9.01. The van der Waals surface area contributed by atoms with Crippen molar-refractivity contribution in [3.63, 3.8) is 0 Å². The highest BCUT2D eigenvalue weighted by molar-refractivity contribution is 7.98. The molecule has 0 spiro atoms. The van der Waals surface area contributed by atoms with Gasteiger partial charge in [-0.05, 0) is 50.8 Å². The number of hydrazine groups is 1. The Kier molecular flexibility index (Phi) is 14.4. The molecule has 1 aromatic carbocycles. The van der Waals surface area contributed by atoms with Gasteiger partial charge >= 0.3 is 0 Å². The van der Waals surface area contributed by atoms with E-state index in [-0.39, 0.29) is 24.0 Å². The molecule has 0 radical (unpaired) electrons. The van der Waals surface area contributed by atoms with E-state index in [1.54, 1.807) is 18.0 Å². The third kappa shape index (κ3) is 9.18. The van der Waals surface area contributed by atoms with Crippen LogP contribution in [0.25, 0.3) is 11.1 Å². The van der Waals surface area contributed by atoms with Gasteiger partial charge in [0.05, 0.1) is 25.1 Å². The van der Waals surface area contributed by atoms with E-state index in [1.165, 1.54) is 18.0 Å². The average Bonchev–Trinajstić information content (AvgIpc) is 2.80. The summed E-state index contributed by atoms with van der Waals surface area (Å²) in [6, 6.07) is 9.78. The number of pyridine rings is 1. The number of alkyl halides is 1.